The SMILES string of the molecule is C1CCOC1.Cc1c[nH]c2ncc(-c3ccn(CC4CC4)n3)cc12. The van der Waals surface area contributed by atoms with Gasteiger partial charge in [-0.2, -0.15) is 5.10 Å². The Labute approximate surface area is 142 Å². The number of ether oxygens (including phenoxy) is 1. The van der Waals surface area contributed by atoms with E-state index in [4.69, 9.17) is 4.74 Å². The number of aromatic amines is 1. The minimum atomic E-state index is 0.847. The number of nitrogens with one attached hydrogen (secondary N) is 1. The minimum absolute atomic E-state index is 0.847. The summed E-state index contributed by atoms with van der Waals surface area (Å²) in [4.78, 5) is 7.63. The molecular formula is C19H24N4O. The fourth-order valence-electron chi connectivity index (χ4n) is 2.97. The number of H-pyrrole nitrogens is 1. The number of hydrogen-bond donors (Lipinski definition) is 1. The molecule has 0 radical (unpaired) electrons. The van der Waals surface area contributed by atoms with Crippen molar-refractivity contribution in [1.82, 2.24) is 19.7 Å². The van der Waals surface area contributed by atoms with Crippen LogP contribution in [0.3, 0.4) is 0 Å². The van der Waals surface area contributed by atoms with Crippen LogP contribution in [0.15, 0.2) is 30.7 Å². The van der Waals surface area contributed by atoms with Gasteiger partial charge in [-0.1, -0.05) is 0 Å². The van der Waals surface area contributed by atoms with Gasteiger partial charge in [0.25, 0.3) is 0 Å². The Morgan fingerprint density at radius 3 is 2.83 bits per heavy atom. The lowest BCUT2D eigenvalue weighted by atomic mass is 10.1. The summed E-state index contributed by atoms with van der Waals surface area (Å²) in [7, 11) is 0. The Bertz CT molecular complexity index is 804. The zero-order chi connectivity index (χ0) is 16.4. The molecule has 3 aromatic rings. The summed E-state index contributed by atoms with van der Waals surface area (Å²) >= 11 is 0. The molecule has 5 rings (SSSR count). The largest absolute Gasteiger partial charge is 0.381 e. The lowest BCUT2D eigenvalue weighted by molar-refractivity contribution is 0.198. The van der Waals surface area contributed by atoms with E-state index in [0.717, 1.165) is 42.6 Å². The Hall–Kier alpha value is -2.14. The first-order chi connectivity index (χ1) is 11.8. The van der Waals surface area contributed by atoms with E-state index in [1.54, 1.807) is 0 Å². The molecule has 5 nitrogen and oxygen atoms in total. The van der Waals surface area contributed by atoms with Crippen LogP contribution in [0.4, 0.5) is 0 Å². The molecule has 1 saturated heterocycles. The van der Waals surface area contributed by atoms with Gasteiger partial charge in [0.1, 0.15) is 5.65 Å². The quantitative estimate of drug-likeness (QED) is 0.794. The van der Waals surface area contributed by atoms with Crippen LogP contribution in [0.5, 0.6) is 0 Å². The molecule has 4 heterocycles. The summed E-state index contributed by atoms with van der Waals surface area (Å²) in [6.07, 6.45) is 11.2. The molecule has 126 valence electrons. The number of hydrogen-bond acceptors (Lipinski definition) is 3. The highest BCUT2D eigenvalue weighted by molar-refractivity contribution is 5.83. The molecule has 5 heteroatoms. The lowest BCUT2D eigenvalue weighted by Gasteiger charge is -1.99. The number of nitrogens with zero attached hydrogens (tertiary/aromatic N) is 3. The van der Waals surface area contributed by atoms with Crippen molar-refractivity contribution in [3.63, 3.8) is 0 Å². The summed E-state index contributed by atoms with van der Waals surface area (Å²) in [5, 5.41) is 5.82. The predicted octanol–water partition coefficient (Wildman–Crippen LogP) is 3.94. The van der Waals surface area contributed by atoms with E-state index in [1.807, 2.05) is 12.4 Å². The molecule has 24 heavy (non-hydrogen) atoms. The Balaban J connectivity index is 0.000000252. The van der Waals surface area contributed by atoms with E-state index < -0.39 is 0 Å². The van der Waals surface area contributed by atoms with Gasteiger partial charge in [-0.15, -0.1) is 0 Å². The second kappa shape index (κ2) is 6.77. The first-order valence-corrected chi connectivity index (χ1v) is 8.85. The van der Waals surface area contributed by atoms with E-state index >= 15 is 0 Å². The smallest absolute Gasteiger partial charge is 0.137 e. The van der Waals surface area contributed by atoms with Gasteiger partial charge in [-0.25, -0.2) is 4.98 Å². The number of aryl methyl sites for hydroxylation is 1. The van der Waals surface area contributed by atoms with Crippen LogP contribution >= 0.6 is 0 Å². The van der Waals surface area contributed by atoms with Crippen LogP contribution in [-0.4, -0.2) is 33.0 Å². The van der Waals surface area contributed by atoms with Gasteiger partial charge >= 0.3 is 0 Å². The summed E-state index contributed by atoms with van der Waals surface area (Å²) in [5.41, 5.74) is 4.26. The van der Waals surface area contributed by atoms with E-state index in [-0.39, 0.29) is 0 Å². The third-order valence-electron chi connectivity index (χ3n) is 4.64. The van der Waals surface area contributed by atoms with Crippen molar-refractivity contribution in [2.24, 2.45) is 5.92 Å². The number of aromatic nitrogens is 4. The van der Waals surface area contributed by atoms with E-state index in [0.29, 0.717) is 0 Å². The maximum Gasteiger partial charge on any atom is 0.137 e. The van der Waals surface area contributed by atoms with Crippen LogP contribution in [0.2, 0.25) is 0 Å². The number of pyridine rings is 1. The van der Waals surface area contributed by atoms with Crippen LogP contribution in [-0.2, 0) is 11.3 Å². The average Bonchev–Trinajstić information content (AvgIpc) is 3.05. The molecule has 0 unspecified atom stereocenters. The van der Waals surface area contributed by atoms with Crippen molar-refractivity contribution in [1.29, 1.82) is 0 Å². The molecule has 0 amide bonds. The molecule has 0 aromatic carbocycles. The van der Waals surface area contributed by atoms with Crippen LogP contribution < -0.4 is 0 Å². The Morgan fingerprint density at radius 1 is 1.29 bits per heavy atom. The summed E-state index contributed by atoms with van der Waals surface area (Å²) in [6, 6.07) is 4.24. The zero-order valence-corrected chi connectivity index (χ0v) is 14.2. The highest BCUT2D eigenvalue weighted by Crippen LogP contribution is 2.31. The second-order valence-electron chi connectivity index (χ2n) is 6.78. The van der Waals surface area contributed by atoms with Gasteiger partial charge in [0, 0.05) is 49.3 Å². The van der Waals surface area contributed by atoms with E-state index in [9.17, 15) is 0 Å². The first-order valence-electron chi connectivity index (χ1n) is 8.85. The predicted molar refractivity (Wildman–Crippen MR) is 94.8 cm³/mol. The van der Waals surface area contributed by atoms with E-state index in [1.165, 1.54) is 36.6 Å². The lowest BCUT2D eigenvalue weighted by Crippen LogP contribution is -2.00. The van der Waals surface area contributed by atoms with Gasteiger partial charge < -0.3 is 9.72 Å². The van der Waals surface area contributed by atoms with Crippen molar-refractivity contribution in [3.05, 3.63) is 36.3 Å². The standard InChI is InChI=1S/C15H16N4.C4H8O/c1-10-7-16-15-13(10)6-12(8-17-15)14-4-5-19(18-14)9-11-2-3-11;1-2-4-5-3-1/h4-8,11H,2-3,9H2,1H3,(H,16,17);1-4H2. The molecule has 1 aliphatic heterocycles. The highest BCUT2D eigenvalue weighted by atomic mass is 16.5. The summed E-state index contributed by atoms with van der Waals surface area (Å²) < 4.78 is 7.00. The van der Waals surface area contributed by atoms with Crippen molar-refractivity contribution in [2.75, 3.05) is 13.2 Å². The fraction of sp³-hybridized carbons (Fsp3) is 0.474. The van der Waals surface area contributed by atoms with Gasteiger partial charge in [-0.3, -0.25) is 4.68 Å². The molecule has 1 N–H and O–H groups in total. The maximum absolute atomic E-state index is 4.94. The second-order valence-corrected chi connectivity index (χ2v) is 6.78. The van der Waals surface area contributed by atoms with Crippen molar-refractivity contribution < 1.29 is 4.74 Å². The van der Waals surface area contributed by atoms with E-state index in [2.05, 4.69) is 45.0 Å². The Morgan fingerprint density at radius 2 is 2.12 bits per heavy atom. The number of fused-ring (bicyclic) bond motifs is 1. The molecule has 0 atom stereocenters. The van der Waals surface area contributed by atoms with Crippen LogP contribution in [0.1, 0.15) is 31.2 Å². The van der Waals surface area contributed by atoms with Gasteiger partial charge in [0.15, 0.2) is 0 Å². The Kier molecular flexibility index (Phi) is 4.34. The zero-order valence-electron chi connectivity index (χ0n) is 14.2. The topological polar surface area (TPSA) is 55.7 Å². The van der Waals surface area contributed by atoms with Gasteiger partial charge in [-0.05, 0) is 56.2 Å². The van der Waals surface area contributed by atoms with Gasteiger partial charge in [0.2, 0.25) is 0 Å². The monoisotopic (exact) mass is 324 g/mol. The first kappa shape index (κ1) is 15.4. The molecule has 2 aliphatic rings. The third kappa shape index (κ3) is 3.51. The average molecular weight is 324 g/mol. The fourth-order valence-corrected chi connectivity index (χ4v) is 2.97. The molecule has 2 fully saturated rings. The van der Waals surface area contributed by atoms with Crippen LogP contribution in [0, 0.1) is 12.8 Å². The number of rotatable bonds is 3. The molecule has 0 bridgehead atoms. The van der Waals surface area contributed by atoms with Crippen molar-refractivity contribution in [2.45, 2.75) is 39.2 Å². The van der Waals surface area contributed by atoms with Gasteiger partial charge in [0.05, 0.1) is 5.69 Å². The molecular weight excluding hydrogens is 300 g/mol. The molecule has 0 spiro atoms. The minimum Gasteiger partial charge on any atom is -0.381 e. The molecule has 1 saturated carbocycles. The van der Waals surface area contributed by atoms with Crippen molar-refractivity contribution in [3.8, 4) is 11.3 Å². The maximum atomic E-state index is 4.94. The third-order valence-corrected chi connectivity index (χ3v) is 4.64. The summed E-state index contributed by atoms with van der Waals surface area (Å²) in [6.45, 7) is 5.15. The molecule has 3 aromatic heterocycles. The normalized spacial score (nSPS) is 17.0. The van der Waals surface area contributed by atoms with Crippen LogP contribution in [0.25, 0.3) is 22.3 Å². The molecule has 1 aliphatic carbocycles. The van der Waals surface area contributed by atoms with Crippen molar-refractivity contribution >= 4 is 11.0 Å². The summed E-state index contributed by atoms with van der Waals surface area (Å²) in [5.74, 6) is 0.847. The highest BCUT2D eigenvalue weighted by Gasteiger charge is 2.22.